The molecular weight excluding hydrogens is 360 g/mol. The molecular formula is C20H20N4O2S. The van der Waals surface area contributed by atoms with Crippen molar-refractivity contribution in [1.82, 2.24) is 20.2 Å². The molecule has 7 heteroatoms. The molecule has 0 saturated carbocycles. The van der Waals surface area contributed by atoms with Crippen LogP contribution in [0.1, 0.15) is 33.8 Å². The van der Waals surface area contributed by atoms with E-state index < -0.39 is 0 Å². The van der Waals surface area contributed by atoms with Crippen molar-refractivity contribution in [2.45, 2.75) is 32.4 Å². The van der Waals surface area contributed by atoms with Crippen molar-refractivity contribution in [1.29, 1.82) is 0 Å². The van der Waals surface area contributed by atoms with E-state index in [2.05, 4.69) is 15.3 Å². The summed E-state index contributed by atoms with van der Waals surface area (Å²) in [6.45, 7) is 2.89. The van der Waals surface area contributed by atoms with Crippen LogP contribution in [0, 0.1) is 6.92 Å². The van der Waals surface area contributed by atoms with E-state index in [-0.39, 0.29) is 17.9 Å². The summed E-state index contributed by atoms with van der Waals surface area (Å²) in [4.78, 5) is 35.2. The predicted octanol–water partition coefficient (Wildman–Crippen LogP) is 2.92. The van der Waals surface area contributed by atoms with Crippen LogP contribution in [-0.4, -0.2) is 39.3 Å². The molecule has 4 rings (SSSR count). The normalized spacial score (nSPS) is 16.5. The lowest BCUT2D eigenvalue weighted by molar-refractivity contribution is -0.119. The van der Waals surface area contributed by atoms with Crippen LogP contribution in [0.3, 0.4) is 0 Å². The minimum absolute atomic E-state index is 0.0108. The van der Waals surface area contributed by atoms with Crippen molar-refractivity contribution in [3.05, 3.63) is 58.9 Å². The molecule has 0 aliphatic carbocycles. The van der Waals surface area contributed by atoms with Crippen LogP contribution in [0.2, 0.25) is 0 Å². The number of aromatic nitrogens is 2. The van der Waals surface area contributed by atoms with Crippen LogP contribution in [0.4, 0.5) is 0 Å². The molecule has 2 aromatic heterocycles. The fourth-order valence-electron chi connectivity index (χ4n) is 3.37. The number of carbonyl (C=O) groups is 2. The molecule has 1 aromatic carbocycles. The van der Waals surface area contributed by atoms with E-state index in [0.29, 0.717) is 25.1 Å². The van der Waals surface area contributed by atoms with Crippen molar-refractivity contribution in [3.63, 3.8) is 0 Å². The summed E-state index contributed by atoms with van der Waals surface area (Å²) in [6.07, 6.45) is 4.75. The maximum atomic E-state index is 13.2. The van der Waals surface area contributed by atoms with Gasteiger partial charge >= 0.3 is 0 Å². The molecule has 1 saturated heterocycles. The third-order valence-electron chi connectivity index (χ3n) is 4.65. The van der Waals surface area contributed by atoms with E-state index >= 15 is 0 Å². The fraction of sp³-hybridized carbons (Fsp3) is 0.300. The number of pyridine rings is 1. The molecule has 2 amide bonds. The molecule has 1 atom stereocenters. The molecule has 0 radical (unpaired) electrons. The summed E-state index contributed by atoms with van der Waals surface area (Å²) in [5.41, 5.74) is 2.42. The molecule has 3 aromatic rings. The molecule has 1 fully saturated rings. The van der Waals surface area contributed by atoms with Gasteiger partial charge in [0.15, 0.2) is 0 Å². The highest BCUT2D eigenvalue weighted by atomic mass is 32.1. The monoisotopic (exact) mass is 380 g/mol. The minimum Gasteiger partial charge on any atom is -0.352 e. The van der Waals surface area contributed by atoms with E-state index in [1.54, 1.807) is 28.6 Å². The first kappa shape index (κ1) is 17.6. The molecule has 1 aliphatic rings. The number of aryl methyl sites for hydroxylation is 1. The largest absolute Gasteiger partial charge is 0.352 e. The zero-order valence-electron chi connectivity index (χ0n) is 15.0. The van der Waals surface area contributed by atoms with Gasteiger partial charge < -0.3 is 10.2 Å². The number of carbonyl (C=O) groups excluding carboxylic acids is 2. The van der Waals surface area contributed by atoms with Gasteiger partial charge in [-0.1, -0.05) is 6.07 Å². The zero-order chi connectivity index (χ0) is 18.8. The Morgan fingerprint density at radius 1 is 1.37 bits per heavy atom. The van der Waals surface area contributed by atoms with Crippen molar-refractivity contribution < 1.29 is 9.59 Å². The maximum absolute atomic E-state index is 13.2. The van der Waals surface area contributed by atoms with Crippen LogP contribution < -0.4 is 5.32 Å². The maximum Gasteiger partial charge on any atom is 0.254 e. The number of nitrogens with one attached hydrogen (secondary N) is 1. The number of hydrogen-bond acceptors (Lipinski definition) is 5. The number of rotatable bonds is 5. The lowest BCUT2D eigenvalue weighted by atomic mass is 10.1. The highest BCUT2D eigenvalue weighted by Crippen LogP contribution is 2.23. The second-order valence-corrected chi connectivity index (χ2v) is 8.00. The number of thiazole rings is 1. The Hall–Kier alpha value is -2.80. The van der Waals surface area contributed by atoms with Gasteiger partial charge in [-0.3, -0.25) is 14.6 Å². The Balaban J connectivity index is 1.60. The SMILES string of the molecule is Cc1nc2cc(C(=O)N(Cc3cccnc3)C[C@@H]3CCC(=O)N3)ccc2s1. The molecule has 1 aliphatic heterocycles. The fourth-order valence-corrected chi connectivity index (χ4v) is 4.18. The van der Waals surface area contributed by atoms with E-state index in [1.165, 1.54) is 0 Å². The van der Waals surface area contributed by atoms with Crippen LogP contribution >= 0.6 is 11.3 Å². The summed E-state index contributed by atoms with van der Waals surface area (Å²) in [7, 11) is 0. The van der Waals surface area contributed by atoms with Crippen LogP contribution in [0.5, 0.6) is 0 Å². The van der Waals surface area contributed by atoms with Crippen LogP contribution in [0.15, 0.2) is 42.7 Å². The molecule has 0 bridgehead atoms. The van der Waals surface area contributed by atoms with Crippen molar-refractivity contribution >= 4 is 33.4 Å². The van der Waals surface area contributed by atoms with Gasteiger partial charge in [-0.25, -0.2) is 4.98 Å². The van der Waals surface area contributed by atoms with Crippen molar-refractivity contribution in [2.24, 2.45) is 0 Å². The Bertz CT molecular complexity index is 986. The van der Waals surface area contributed by atoms with Gasteiger partial charge in [-0.15, -0.1) is 11.3 Å². The van der Waals surface area contributed by atoms with Gasteiger partial charge in [-0.2, -0.15) is 0 Å². The summed E-state index contributed by atoms with van der Waals surface area (Å²) in [5.74, 6) is -0.0132. The summed E-state index contributed by atoms with van der Waals surface area (Å²) >= 11 is 1.62. The number of hydrogen-bond donors (Lipinski definition) is 1. The first-order valence-corrected chi connectivity index (χ1v) is 9.75. The van der Waals surface area contributed by atoms with E-state index in [0.717, 1.165) is 27.2 Å². The topological polar surface area (TPSA) is 75.2 Å². The summed E-state index contributed by atoms with van der Waals surface area (Å²) in [5, 5.41) is 3.93. The smallest absolute Gasteiger partial charge is 0.254 e. The van der Waals surface area contributed by atoms with Gasteiger partial charge in [0.25, 0.3) is 5.91 Å². The van der Waals surface area contributed by atoms with Crippen LogP contribution in [0.25, 0.3) is 10.2 Å². The molecule has 3 heterocycles. The second-order valence-electron chi connectivity index (χ2n) is 6.77. The van der Waals surface area contributed by atoms with E-state index in [4.69, 9.17) is 0 Å². The van der Waals surface area contributed by atoms with Gasteiger partial charge in [-0.05, 0) is 43.2 Å². The molecule has 27 heavy (non-hydrogen) atoms. The number of fused-ring (bicyclic) bond motifs is 1. The third-order valence-corrected chi connectivity index (χ3v) is 5.60. The van der Waals surface area contributed by atoms with Gasteiger partial charge in [0, 0.05) is 43.5 Å². The minimum atomic E-state index is -0.0624. The summed E-state index contributed by atoms with van der Waals surface area (Å²) < 4.78 is 1.07. The molecule has 0 unspecified atom stereocenters. The third kappa shape index (κ3) is 3.98. The highest BCUT2D eigenvalue weighted by Gasteiger charge is 2.26. The Labute approximate surface area is 161 Å². The highest BCUT2D eigenvalue weighted by molar-refractivity contribution is 7.18. The quantitative estimate of drug-likeness (QED) is 0.738. The van der Waals surface area contributed by atoms with Gasteiger partial charge in [0.2, 0.25) is 5.91 Å². The zero-order valence-corrected chi connectivity index (χ0v) is 15.8. The number of amides is 2. The first-order chi connectivity index (χ1) is 13.1. The first-order valence-electron chi connectivity index (χ1n) is 8.93. The Morgan fingerprint density at radius 3 is 3.00 bits per heavy atom. The average Bonchev–Trinajstić information content (AvgIpc) is 3.24. The molecule has 0 spiro atoms. The molecule has 6 nitrogen and oxygen atoms in total. The Kier molecular flexibility index (Phi) is 4.85. The molecule has 1 N–H and O–H groups in total. The van der Waals surface area contributed by atoms with E-state index in [1.807, 2.05) is 37.3 Å². The number of nitrogens with zero attached hydrogens (tertiary/aromatic N) is 3. The lowest BCUT2D eigenvalue weighted by Crippen LogP contribution is -2.41. The lowest BCUT2D eigenvalue weighted by Gasteiger charge is -2.26. The summed E-state index contributed by atoms with van der Waals surface area (Å²) in [6, 6.07) is 9.46. The second kappa shape index (κ2) is 7.44. The van der Waals surface area contributed by atoms with Crippen molar-refractivity contribution in [2.75, 3.05) is 6.54 Å². The molecule has 138 valence electrons. The predicted molar refractivity (Wildman–Crippen MR) is 104 cm³/mol. The van der Waals surface area contributed by atoms with Gasteiger partial charge in [0.1, 0.15) is 0 Å². The standard InChI is InChI=1S/C20H20N4O2S/c1-13-22-17-9-15(4-6-18(17)27-13)20(26)24(11-14-3-2-8-21-10-14)12-16-5-7-19(25)23-16/h2-4,6,8-10,16H,5,7,11-12H2,1H3,(H,23,25)/t16-/m0/s1. The van der Waals surface area contributed by atoms with Gasteiger partial charge in [0.05, 0.1) is 15.2 Å². The Morgan fingerprint density at radius 2 is 2.26 bits per heavy atom. The van der Waals surface area contributed by atoms with Crippen molar-refractivity contribution in [3.8, 4) is 0 Å². The van der Waals surface area contributed by atoms with E-state index in [9.17, 15) is 9.59 Å². The van der Waals surface area contributed by atoms with Crippen LogP contribution in [-0.2, 0) is 11.3 Å². The average molecular weight is 380 g/mol. The number of benzene rings is 1.